The first-order valence-electron chi connectivity index (χ1n) is 7.41. The number of aliphatic carboxylic acids is 1. The van der Waals surface area contributed by atoms with Gasteiger partial charge in [0.05, 0.1) is 5.92 Å². The first-order chi connectivity index (χ1) is 10.0. The number of rotatable bonds is 5. The van der Waals surface area contributed by atoms with Crippen LogP contribution in [0.4, 0.5) is 5.69 Å². The highest BCUT2D eigenvalue weighted by Gasteiger charge is 2.26. The minimum atomic E-state index is -0.721. The number of carbonyl (C=O) groups excluding carboxylic acids is 1. The molecule has 0 atom stereocenters. The van der Waals surface area contributed by atoms with E-state index >= 15 is 0 Å². The summed E-state index contributed by atoms with van der Waals surface area (Å²) in [6.45, 7) is 0. The highest BCUT2D eigenvalue weighted by molar-refractivity contribution is 5.76. The molecule has 5 heteroatoms. The predicted octanol–water partition coefficient (Wildman–Crippen LogP) is 1.96. The number of carboxylic acid groups (broad SMARTS) is 1. The van der Waals surface area contributed by atoms with E-state index in [9.17, 15) is 9.59 Å². The van der Waals surface area contributed by atoms with Crippen molar-refractivity contribution in [1.82, 2.24) is 5.32 Å². The largest absolute Gasteiger partial charge is 0.481 e. The number of hydrogen-bond acceptors (Lipinski definition) is 3. The average Bonchev–Trinajstić information content (AvgIpc) is 2.46. The van der Waals surface area contributed by atoms with Crippen LogP contribution in [0.1, 0.15) is 37.7 Å². The summed E-state index contributed by atoms with van der Waals surface area (Å²) in [7, 11) is 0. The lowest BCUT2D eigenvalue weighted by atomic mass is 9.86. The zero-order valence-electron chi connectivity index (χ0n) is 12.0. The molecule has 0 aromatic heterocycles. The molecule has 0 radical (unpaired) electrons. The van der Waals surface area contributed by atoms with E-state index < -0.39 is 5.97 Å². The molecule has 21 heavy (non-hydrogen) atoms. The maximum atomic E-state index is 11.9. The van der Waals surface area contributed by atoms with Crippen LogP contribution in [0.15, 0.2) is 24.3 Å². The monoisotopic (exact) mass is 290 g/mol. The molecule has 1 aliphatic carbocycles. The van der Waals surface area contributed by atoms with E-state index in [-0.39, 0.29) is 17.9 Å². The number of carboxylic acids is 1. The van der Waals surface area contributed by atoms with Gasteiger partial charge >= 0.3 is 5.97 Å². The number of aryl methyl sites for hydroxylation is 1. The summed E-state index contributed by atoms with van der Waals surface area (Å²) in [5, 5.41) is 11.9. The third-order valence-corrected chi connectivity index (χ3v) is 4.03. The van der Waals surface area contributed by atoms with Crippen LogP contribution in [0.3, 0.4) is 0 Å². The van der Waals surface area contributed by atoms with Crippen molar-refractivity contribution in [2.45, 2.75) is 44.6 Å². The Morgan fingerprint density at radius 2 is 1.95 bits per heavy atom. The molecule has 4 N–H and O–H groups in total. The standard InChI is InChI=1S/C16H22N2O3/c17-13-3-1-2-11(10-13)4-9-15(19)18-14-7-5-12(6-8-14)16(20)21/h1-3,10,12,14H,4-9,17H2,(H,18,19)(H,20,21). The first kappa shape index (κ1) is 15.4. The van der Waals surface area contributed by atoms with Crippen molar-refractivity contribution in [1.29, 1.82) is 0 Å². The molecule has 0 heterocycles. The quantitative estimate of drug-likeness (QED) is 0.723. The molecule has 0 bridgehead atoms. The van der Waals surface area contributed by atoms with Gasteiger partial charge in [-0.25, -0.2) is 0 Å². The van der Waals surface area contributed by atoms with E-state index in [0.29, 0.717) is 31.4 Å². The predicted molar refractivity (Wildman–Crippen MR) is 80.7 cm³/mol. The van der Waals surface area contributed by atoms with Crippen molar-refractivity contribution >= 4 is 17.6 Å². The second-order valence-corrected chi connectivity index (χ2v) is 5.70. The normalized spacial score (nSPS) is 21.7. The zero-order chi connectivity index (χ0) is 15.2. The fourth-order valence-electron chi connectivity index (χ4n) is 2.79. The Labute approximate surface area is 124 Å². The van der Waals surface area contributed by atoms with Crippen LogP contribution in [0.25, 0.3) is 0 Å². The third kappa shape index (κ3) is 4.77. The summed E-state index contributed by atoms with van der Waals surface area (Å²) in [6.07, 6.45) is 3.90. The van der Waals surface area contributed by atoms with Crippen molar-refractivity contribution in [2.75, 3.05) is 5.73 Å². The van der Waals surface area contributed by atoms with Gasteiger partial charge in [-0.2, -0.15) is 0 Å². The van der Waals surface area contributed by atoms with Gasteiger partial charge in [0.2, 0.25) is 5.91 Å². The Hall–Kier alpha value is -2.04. The van der Waals surface area contributed by atoms with Crippen LogP contribution in [0.5, 0.6) is 0 Å². The van der Waals surface area contributed by atoms with Gasteiger partial charge in [0.15, 0.2) is 0 Å². The summed E-state index contributed by atoms with van der Waals surface area (Å²) < 4.78 is 0. The summed E-state index contributed by atoms with van der Waals surface area (Å²) in [5.74, 6) is -0.942. The second-order valence-electron chi connectivity index (χ2n) is 5.70. The van der Waals surface area contributed by atoms with E-state index in [1.807, 2.05) is 24.3 Å². The molecule has 0 aliphatic heterocycles. The molecule has 5 nitrogen and oxygen atoms in total. The summed E-state index contributed by atoms with van der Waals surface area (Å²) in [4.78, 5) is 22.8. The smallest absolute Gasteiger partial charge is 0.306 e. The summed E-state index contributed by atoms with van der Waals surface area (Å²) in [6, 6.07) is 7.67. The van der Waals surface area contributed by atoms with E-state index in [4.69, 9.17) is 10.8 Å². The minimum absolute atomic E-state index is 0.0243. The molecule has 2 rings (SSSR count). The van der Waals surface area contributed by atoms with Gasteiger partial charge in [-0.3, -0.25) is 9.59 Å². The Kier molecular flexibility index (Phi) is 5.20. The zero-order valence-corrected chi connectivity index (χ0v) is 12.0. The highest BCUT2D eigenvalue weighted by Crippen LogP contribution is 2.24. The highest BCUT2D eigenvalue weighted by atomic mass is 16.4. The van der Waals surface area contributed by atoms with Gasteiger partial charge in [0, 0.05) is 18.2 Å². The van der Waals surface area contributed by atoms with Gasteiger partial charge in [0.1, 0.15) is 0 Å². The Morgan fingerprint density at radius 3 is 2.57 bits per heavy atom. The molecular formula is C16H22N2O3. The van der Waals surface area contributed by atoms with E-state index in [0.717, 1.165) is 18.4 Å². The number of nitrogens with two attached hydrogens (primary N) is 1. The summed E-state index contributed by atoms with van der Waals surface area (Å²) in [5.41, 5.74) is 7.47. The van der Waals surface area contributed by atoms with Crippen molar-refractivity contribution in [3.63, 3.8) is 0 Å². The lowest BCUT2D eigenvalue weighted by molar-refractivity contribution is -0.142. The molecule has 0 saturated heterocycles. The van der Waals surface area contributed by atoms with Crippen molar-refractivity contribution in [2.24, 2.45) is 5.92 Å². The molecule has 1 aromatic rings. The molecule has 1 aromatic carbocycles. The fraction of sp³-hybridized carbons (Fsp3) is 0.500. The Balaban J connectivity index is 1.72. The number of anilines is 1. The van der Waals surface area contributed by atoms with Gasteiger partial charge in [-0.15, -0.1) is 0 Å². The van der Waals surface area contributed by atoms with Gasteiger partial charge in [0.25, 0.3) is 0 Å². The number of amides is 1. The van der Waals surface area contributed by atoms with Crippen molar-refractivity contribution < 1.29 is 14.7 Å². The van der Waals surface area contributed by atoms with E-state index in [1.165, 1.54) is 0 Å². The molecule has 114 valence electrons. The third-order valence-electron chi connectivity index (χ3n) is 4.03. The van der Waals surface area contributed by atoms with Crippen molar-refractivity contribution in [3.8, 4) is 0 Å². The van der Waals surface area contributed by atoms with Crippen LogP contribution in [-0.4, -0.2) is 23.0 Å². The number of nitrogen functional groups attached to an aromatic ring is 1. The minimum Gasteiger partial charge on any atom is -0.481 e. The molecule has 1 saturated carbocycles. The average molecular weight is 290 g/mol. The van der Waals surface area contributed by atoms with Crippen LogP contribution >= 0.6 is 0 Å². The van der Waals surface area contributed by atoms with E-state index in [1.54, 1.807) is 0 Å². The Bertz CT molecular complexity index is 508. The molecule has 1 amide bonds. The number of carbonyl (C=O) groups is 2. The maximum absolute atomic E-state index is 11.9. The number of nitrogens with one attached hydrogen (secondary N) is 1. The molecule has 1 aliphatic rings. The van der Waals surface area contributed by atoms with Crippen molar-refractivity contribution in [3.05, 3.63) is 29.8 Å². The number of hydrogen-bond donors (Lipinski definition) is 3. The molecule has 0 unspecified atom stereocenters. The van der Waals surface area contributed by atoms with E-state index in [2.05, 4.69) is 5.32 Å². The van der Waals surface area contributed by atoms with Gasteiger partial charge in [-0.05, 0) is 49.8 Å². The van der Waals surface area contributed by atoms with Gasteiger partial charge in [-0.1, -0.05) is 12.1 Å². The molecule has 1 fully saturated rings. The molecule has 0 spiro atoms. The second kappa shape index (κ2) is 7.11. The van der Waals surface area contributed by atoms with Crippen LogP contribution in [0, 0.1) is 5.92 Å². The maximum Gasteiger partial charge on any atom is 0.306 e. The fourth-order valence-corrected chi connectivity index (χ4v) is 2.79. The van der Waals surface area contributed by atoms with Crippen LogP contribution in [0.2, 0.25) is 0 Å². The topological polar surface area (TPSA) is 92.4 Å². The first-order valence-corrected chi connectivity index (χ1v) is 7.41. The lowest BCUT2D eigenvalue weighted by Crippen LogP contribution is -2.38. The summed E-state index contributed by atoms with van der Waals surface area (Å²) >= 11 is 0. The van der Waals surface area contributed by atoms with Gasteiger partial charge < -0.3 is 16.2 Å². The molecular weight excluding hydrogens is 268 g/mol. The SMILES string of the molecule is Nc1cccc(CCC(=O)NC2CCC(C(=O)O)CC2)c1. The van der Waals surface area contributed by atoms with Crippen LogP contribution < -0.4 is 11.1 Å². The lowest BCUT2D eigenvalue weighted by Gasteiger charge is -2.26. The number of benzene rings is 1. The van der Waals surface area contributed by atoms with Crippen LogP contribution in [-0.2, 0) is 16.0 Å². The Morgan fingerprint density at radius 1 is 1.24 bits per heavy atom.